The van der Waals surface area contributed by atoms with E-state index >= 15 is 0 Å². The number of nitrogens with two attached hydrogens (primary N) is 1. The van der Waals surface area contributed by atoms with Crippen LogP contribution in [0.25, 0.3) is 0 Å². The Hall–Kier alpha value is -0.980. The molecule has 0 atom stereocenters. The highest BCUT2D eigenvalue weighted by Crippen LogP contribution is 2.12. The molecule has 1 heterocycles. The molecule has 0 saturated carbocycles. The van der Waals surface area contributed by atoms with Crippen LogP contribution in [0.15, 0.2) is 17.5 Å². The minimum absolute atomic E-state index is 0.148. The number of hydrogen-bond donors (Lipinski definition) is 1. The first kappa shape index (κ1) is 17.1. The predicted molar refractivity (Wildman–Crippen MR) is 87.1 cm³/mol. The maximum atomic E-state index is 12.2. The molecule has 6 heteroatoms. The Morgan fingerprint density at radius 3 is 2.85 bits per heavy atom. The third kappa shape index (κ3) is 6.98. The molecular weight excluding hydrogens is 292 g/mol. The van der Waals surface area contributed by atoms with E-state index in [4.69, 9.17) is 22.7 Å². The summed E-state index contributed by atoms with van der Waals surface area (Å²) < 4.78 is 5.04. The van der Waals surface area contributed by atoms with Crippen molar-refractivity contribution in [3.8, 4) is 0 Å². The van der Waals surface area contributed by atoms with Gasteiger partial charge in [-0.05, 0) is 24.3 Å². The van der Waals surface area contributed by atoms with Crippen LogP contribution < -0.4 is 5.73 Å². The van der Waals surface area contributed by atoms with E-state index in [0.717, 1.165) is 12.8 Å². The van der Waals surface area contributed by atoms with E-state index in [0.29, 0.717) is 37.5 Å². The van der Waals surface area contributed by atoms with Gasteiger partial charge in [-0.25, -0.2) is 0 Å². The van der Waals surface area contributed by atoms with E-state index in [-0.39, 0.29) is 5.91 Å². The summed E-state index contributed by atoms with van der Waals surface area (Å²) in [5.41, 5.74) is 5.50. The third-order valence-electron chi connectivity index (χ3n) is 2.94. The van der Waals surface area contributed by atoms with Crippen molar-refractivity contribution < 1.29 is 9.53 Å². The summed E-state index contributed by atoms with van der Waals surface area (Å²) in [6.45, 7) is 1.71. The molecule has 0 saturated heterocycles. The molecule has 0 fully saturated rings. The number of rotatable bonds is 10. The highest BCUT2D eigenvalue weighted by atomic mass is 32.1. The average molecular weight is 314 g/mol. The largest absolute Gasteiger partial charge is 0.393 e. The van der Waals surface area contributed by atoms with Gasteiger partial charge in [-0.2, -0.15) is 0 Å². The number of methoxy groups -OCH3 is 1. The van der Waals surface area contributed by atoms with Gasteiger partial charge in [0.1, 0.15) is 0 Å². The van der Waals surface area contributed by atoms with Crippen molar-refractivity contribution >= 4 is 34.5 Å². The standard InChI is InChI=1S/C14H22N2O2S2/c1-18-10-9-16(8-7-13(15)19)14(17)6-2-4-12-5-3-11-20-12/h3,5,11H,2,4,6-10H2,1H3,(H2,15,19). The van der Waals surface area contributed by atoms with Crippen LogP contribution in [0, 0.1) is 0 Å². The summed E-state index contributed by atoms with van der Waals surface area (Å²) in [5, 5.41) is 2.06. The lowest BCUT2D eigenvalue weighted by Crippen LogP contribution is -2.36. The smallest absolute Gasteiger partial charge is 0.222 e. The van der Waals surface area contributed by atoms with Gasteiger partial charge >= 0.3 is 0 Å². The molecule has 112 valence electrons. The highest BCUT2D eigenvalue weighted by Gasteiger charge is 2.13. The predicted octanol–water partition coefficient (Wildman–Crippen LogP) is 2.22. The summed E-state index contributed by atoms with van der Waals surface area (Å²) in [5.74, 6) is 0.148. The van der Waals surface area contributed by atoms with Gasteiger partial charge in [0.2, 0.25) is 5.91 Å². The molecule has 0 aliphatic rings. The van der Waals surface area contributed by atoms with E-state index in [2.05, 4.69) is 11.4 Å². The molecule has 0 radical (unpaired) electrons. The van der Waals surface area contributed by atoms with Crippen LogP contribution in [0.2, 0.25) is 0 Å². The zero-order valence-electron chi connectivity index (χ0n) is 11.8. The van der Waals surface area contributed by atoms with Crippen molar-refractivity contribution in [1.29, 1.82) is 0 Å². The number of hydrogen-bond acceptors (Lipinski definition) is 4. The van der Waals surface area contributed by atoms with Crippen LogP contribution in [0.5, 0.6) is 0 Å². The first-order chi connectivity index (χ1) is 9.63. The summed E-state index contributed by atoms with van der Waals surface area (Å²) in [7, 11) is 1.63. The third-order valence-corrected chi connectivity index (χ3v) is 4.08. The van der Waals surface area contributed by atoms with E-state index < -0.39 is 0 Å². The van der Waals surface area contributed by atoms with Gasteiger partial charge in [0.25, 0.3) is 0 Å². The lowest BCUT2D eigenvalue weighted by molar-refractivity contribution is -0.131. The molecule has 0 bridgehead atoms. The summed E-state index contributed by atoms with van der Waals surface area (Å²) in [6, 6.07) is 4.14. The molecule has 0 aliphatic carbocycles. The number of thiocarbonyl (C=S) groups is 1. The number of aryl methyl sites for hydroxylation is 1. The van der Waals surface area contributed by atoms with Crippen molar-refractivity contribution in [3.63, 3.8) is 0 Å². The van der Waals surface area contributed by atoms with Gasteiger partial charge in [0.15, 0.2) is 0 Å². The van der Waals surface area contributed by atoms with Crippen molar-refractivity contribution in [2.75, 3.05) is 26.8 Å². The second-order valence-electron chi connectivity index (χ2n) is 4.52. The fraction of sp³-hybridized carbons (Fsp3) is 0.571. The molecule has 1 rings (SSSR count). The SMILES string of the molecule is COCCN(CCC(N)=S)C(=O)CCCc1cccs1. The first-order valence-electron chi connectivity index (χ1n) is 6.71. The Balaban J connectivity index is 2.34. The van der Waals surface area contributed by atoms with E-state index in [1.165, 1.54) is 4.88 Å². The van der Waals surface area contributed by atoms with Crippen LogP contribution in [0.3, 0.4) is 0 Å². The lowest BCUT2D eigenvalue weighted by atomic mass is 10.2. The molecule has 1 aromatic rings. The quantitative estimate of drug-likeness (QED) is 0.673. The molecule has 20 heavy (non-hydrogen) atoms. The molecule has 1 amide bonds. The van der Waals surface area contributed by atoms with E-state index in [1.54, 1.807) is 23.3 Å². The second kappa shape index (κ2) is 9.85. The zero-order chi connectivity index (χ0) is 14.8. The second-order valence-corrected chi connectivity index (χ2v) is 6.08. The molecule has 4 nitrogen and oxygen atoms in total. The minimum Gasteiger partial charge on any atom is -0.393 e. The molecule has 1 aromatic heterocycles. The topological polar surface area (TPSA) is 55.6 Å². The first-order valence-corrected chi connectivity index (χ1v) is 7.99. The molecule has 2 N–H and O–H groups in total. The Labute approximate surface area is 129 Å². The number of ether oxygens (including phenoxy) is 1. The van der Waals surface area contributed by atoms with Crippen molar-refractivity contribution in [2.24, 2.45) is 5.73 Å². The van der Waals surface area contributed by atoms with Crippen LogP contribution in [-0.4, -0.2) is 42.6 Å². The maximum Gasteiger partial charge on any atom is 0.222 e. The number of nitrogens with zero attached hydrogens (tertiary/aromatic N) is 1. The van der Waals surface area contributed by atoms with Crippen molar-refractivity contribution in [2.45, 2.75) is 25.7 Å². The van der Waals surface area contributed by atoms with Crippen LogP contribution in [0.4, 0.5) is 0 Å². The number of amides is 1. The van der Waals surface area contributed by atoms with Crippen molar-refractivity contribution in [1.82, 2.24) is 4.90 Å². The minimum atomic E-state index is 0.148. The fourth-order valence-electron chi connectivity index (χ4n) is 1.83. The number of carbonyl (C=O) groups is 1. The molecule has 0 unspecified atom stereocenters. The van der Waals surface area contributed by atoms with Crippen LogP contribution in [0.1, 0.15) is 24.1 Å². The molecule has 0 aliphatic heterocycles. The van der Waals surface area contributed by atoms with Gasteiger partial charge in [0, 0.05) is 37.9 Å². The normalized spacial score (nSPS) is 10.4. The van der Waals surface area contributed by atoms with Gasteiger partial charge in [-0.3, -0.25) is 4.79 Å². The van der Waals surface area contributed by atoms with Gasteiger partial charge in [-0.1, -0.05) is 18.3 Å². The zero-order valence-corrected chi connectivity index (χ0v) is 13.5. The molecular formula is C14H22N2O2S2. The Kier molecular flexibility index (Phi) is 8.41. The Bertz CT molecular complexity index is 407. The summed E-state index contributed by atoms with van der Waals surface area (Å²) >= 11 is 6.60. The lowest BCUT2D eigenvalue weighted by Gasteiger charge is -2.22. The van der Waals surface area contributed by atoms with Crippen LogP contribution >= 0.6 is 23.6 Å². The number of carbonyl (C=O) groups excluding carboxylic acids is 1. The molecule has 0 spiro atoms. The Morgan fingerprint density at radius 2 is 2.25 bits per heavy atom. The van der Waals surface area contributed by atoms with Gasteiger partial charge in [0.05, 0.1) is 11.6 Å². The maximum absolute atomic E-state index is 12.2. The summed E-state index contributed by atoms with van der Waals surface area (Å²) in [6.07, 6.45) is 2.95. The molecule has 0 aromatic carbocycles. The summed E-state index contributed by atoms with van der Waals surface area (Å²) in [4.78, 5) is 15.7. The van der Waals surface area contributed by atoms with E-state index in [1.807, 2.05) is 6.07 Å². The van der Waals surface area contributed by atoms with Gasteiger partial charge < -0.3 is 15.4 Å². The van der Waals surface area contributed by atoms with E-state index in [9.17, 15) is 4.79 Å². The Morgan fingerprint density at radius 1 is 1.45 bits per heavy atom. The monoisotopic (exact) mass is 314 g/mol. The van der Waals surface area contributed by atoms with Crippen LogP contribution in [-0.2, 0) is 16.0 Å². The highest BCUT2D eigenvalue weighted by molar-refractivity contribution is 7.80. The average Bonchev–Trinajstić information content (AvgIpc) is 2.91. The van der Waals surface area contributed by atoms with Gasteiger partial charge in [-0.15, -0.1) is 11.3 Å². The van der Waals surface area contributed by atoms with Crippen molar-refractivity contribution in [3.05, 3.63) is 22.4 Å². The fourth-order valence-corrected chi connectivity index (χ4v) is 2.68. The number of thiophene rings is 1.